The number of imidazole rings is 1. The minimum atomic E-state index is -3.05. The number of nitrogens with two attached hydrogens (primary N) is 1. The molecule has 1 aromatic carbocycles. The van der Waals surface area contributed by atoms with Crippen LogP contribution in [0.4, 0.5) is 5.95 Å². The normalized spacial score (nSPS) is 12.2. The molecule has 0 saturated heterocycles. The Kier molecular flexibility index (Phi) is 3.25. The number of hydrogen-bond acceptors (Lipinski definition) is 4. The van der Waals surface area contributed by atoms with Gasteiger partial charge in [-0.1, -0.05) is 11.6 Å². The van der Waals surface area contributed by atoms with Gasteiger partial charge in [0.25, 0.3) is 0 Å². The van der Waals surface area contributed by atoms with Crippen molar-refractivity contribution in [3.05, 3.63) is 22.7 Å². The fourth-order valence-electron chi connectivity index (χ4n) is 1.87. The van der Waals surface area contributed by atoms with Crippen molar-refractivity contribution in [2.45, 2.75) is 13.5 Å². The van der Waals surface area contributed by atoms with Crippen LogP contribution in [0.25, 0.3) is 11.0 Å². The van der Waals surface area contributed by atoms with Crippen molar-refractivity contribution in [2.24, 2.45) is 0 Å². The molecule has 1 heterocycles. The summed E-state index contributed by atoms with van der Waals surface area (Å²) in [6.07, 6.45) is 1.20. The first-order valence-corrected chi connectivity index (χ1v) is 7.82. The van der Waals surface area contributed by atoms with Crippen LogP contribution in [-0.4, -0.2) is 30.0 Å². The molecule has 0 aliphatic carbocycles. The second-order valence-electron chi connectivity index (χ2n) is 4.29. The van der Waals surface area contributed by atoms with E-state index in [0.717, 1.165) is 16.6 Å². The molecular formula is C11H14ClN3O2S. The van der Waals surface area contributed by atoms with Gasteiger partial charge in [-0.3, -0.25) is 0 Å². The number of rotatable bonds is 3. The molecule has 98 valence electrons. The van der Waals surface area contributed by atoms with Crippen LogP contribution >= 0.6 is 11.6 Å². The number of sulfone groups is 1. The summed E-state index contributed by atoms with van der Waals surface area (Å²) in [6.45, 7) is 2.14. The largest absolute Gasteiger partial charge is 0.369 e. The minimum absolute atomic E-state index is 0.0224. The summed E-state index contributed by atoms with van der Waals surface area (Å²) in [5.41, 5.74) is 8.19. The summed E-state index contributed by atoms with van der Waals surface area (Å²) < 4.78 is 24.1. The molecule has 1 aromatic heterocycles. The van der Waals surface area contributed by atoms with Crippen molar-refractivity contribution in [1.82, 2.24) is 9.55 Å². The van der Waals surface area contributed by atoms with Crippen LogP contribution < -0.4 is 5.73 Å². The number of aromatic nitrogens is 2. The van der Waals surface area contributed by atoms with Crippen molar-refractivity contribution in [3.63, 3.8) is 0 Å². The monoisotopic (exact) mass is 287 g/mol. The molecule has 0 aliphatic rings. The molecule has 0 saturated carbocycles. The highest BCUT2D eigenvalue weighted by molar-refractivity contribution is 7.90. The highest BCUT2D eigenvalue weighted by atomic mass is 35.5. The third-order valence-electron chi connectivity index (χ3n) is 2.81. The smallest absolute Gasteiger partial charge is 0.201 e. The second kappa shape index (κ2) is 4.44. The average molecular weight is 288 g/mol. The van der Waals surface area contributed by atoms with E-state index in [1.165, 1.54) is 6.26 Å². The number of halogens is 1. The van der Waals surface area contributed by atoms with Gasteiger partial charge in [0.2, 0.25) is 5.95 Å². The van der Waals surface area contributed by atoms with Gasteiger partial charge in [0.05, 0.1) is 16.8 Å². The standard InChI is InChI=1S/C11H14ClN3O2S/c1-7-8(12)3-4-9-10(7)15(11(13)14-9)5-6-18(2,16)17/h3-4H,5-6H2,1-2H3,(H2,13,14). The Morgan fingerprint density at radius 3 is 2.72 bits per heavy atom. The molecule has 5 nitrogen and oxygen atoms in total. The molecule has 0 amide bonds. The maximum absolute atomic E-state index is 11.2. The lowest BCUT2D eigenvalue weighted by Gasteiger charge is -2.08. The Bertz CT molecular complexity index is 707. The highest BCUT2D eigenvalue weighted by Crippen LogP contribution is 2.27. The zero-order valence-corrected chi connectivity index (χ0v) is 11.7. The van der Waals surface area contributed by atoms with Crippen LogP contribution in [0.5, 0.6) is 0 Å². The molecule has 2 rings (SSSR count). The molecule has 0 bridgehead atoms. The number of benzene rings is 1. The van der Waals surface area contributed by atoms with Gasteiger partial charge in [-0.05, 0) is 24.6 Å². The summed E-state index contributed by atoms with van der Waals surface area (Å²) in [7, 11) is -3.05. The van der Waals surface area contributed by atoms with Crippen molar-refractivity contribution in [3.8, 4) is 0 Å². The third kappa shape index (κ3) is 2.44. The topological polar surface area (TPSA) is 78.0 Å². The predicted molar refractivity (Wildman–Crippen MR) is 73.6 cm³/mol. The molecule has 2 aromatic rings. The lowest BCUT2D eigenvalue weighted by Crippen LogP contribution is -2.13. The molecular weight excluding hydrogens is 274 g/mol. The summed E-state index contributed by atoms with van der Waals surface area (Å²) >= 11 is 6.06. The first-order valence-electron chi connectivity index (χ1n) is 5.38. The number of hydrogen-bond donors (Lipinski definition) is 1. The van der Waals surface area contributed by atoms with E-state index in [0.29, 0.717) is 11.0 Å². The molecule has 0 radical (unpaired) electrons. The molecule has 0 atom stereocenters. The number of aryl methyl sites for hydroxylation is 2. The van der Waals surface area contributed by atoms with Gasteiger partial charge in [0.1, 0.15) is 9.84 Å². The van der Waals surface area contributed by atoms with Gasteiger partial charge in [-0.2, -0.15) is 0 Å². The summed E-state index contributed by atoms with van der Waals surface area (Å²) in [4.78, 5) is 4.20. The van der Waals surface area contributed by atoms with Crippen LogP contribution in [0.3, 0.4) is 0 Å². The van der Waals surface area contributed by atoms with E-state index in [-0.39, 0.29) is 12.3 Å². The maximum atomic E-state index is 11.2. The predicted octanol–water partition coefficient (Wildman–Crippen LogP) is 1.62. The Hall–Kier alpha value is -1.27. The zero-order chi connectivity index (χ0) is 13.5. The van der Waals surface area contributed by atoms with E-state index < -0.39 is 9.84 Å². The molecule has 0 spiro atoms. The molecule has 0 aliphatic heterocycles. The number of fused-ring (bicyclic) bond motifs is 1. The number of nitrogens with zero attached hydrogens (tertiary/aromatic N) is 2. The molecule has 18 heavy (non-hydrogen) atoms. The van der Waals surface area contributed by atoms with Gasteiger partial charge in [-0.15, -0.1) is 0 Å². The van der Waals surface area contributed by atoms with Gasteiger partial charge >= 0.3 is 0 Å². The van der Waals surface area contributed by atoms with E-state index >= 15 is 0 Å². The lowest BCUT2D eigenvalue weighted by molar-refractivity contribution is 0.596. The second-order valence-corrected chi connectivity index (χ2v) is 6.96. The Morgan fingerprint density at radius 1 is 1.44 bits per heavy atom. The summed E-state index contributed by atoms with van der Waals surface area (Å²) in [5.74, 6) is 0.327. The van der Waals surface area contributed by atoms with E-state index in [4.69, 9.17) is 17.3 Å². The van der Waals surface area contributed by atoms with E-state index in [1.807, 2.05) is 6.92 Å². The first kappa shape index (κ1) is 13.2. The van der Waals surface area contributed by atoms with E-state index in [9.17, 15) is 8.42 Å². The van der Waals surface area contributed by atoms with Crippen molar-refractivity contribution >= 4 is 38.4 Å². The third-order valence-corrected chi connectivity index (χ3v) is 4.14. The molecule has 0 unspecified atom stereocenters. The fraction of sp³-hybridized carbons (Fsp3) is 0.364. The van der Waals surface area contributed by atoms with E-state index in [2.05, 4.69) is 4.98 Å². The molecule has 2 N–H and O–H groups in total. The SMILES string of the molecule is Cc1c(Cl)ccc2nc(N)n(CCS(C)(=O)=O)c12. The zero-order valence-electron chi connectivity index (χ0n) is 10.1. The fourth-order valence-corrected chi connectivity index (χ4v) is 2.54. The van der Waals surface area contributed by atoms with E-state index in [1.54, 1.807) is 16.7 Å². The van der Waals surface area contributed by atoms with Gasteiger partial charge < -0.3 is 10.3 Å². The van der Waals surface area contributed by atoms with Crippen LogP contribution in [0, 0.1) is 6.92 Å². The van der Waals surface area contributed by atoms with Crippen LogP contribution in [0.15, 0.2) is 12.1 Å². The van der Waals surface area contributed by atoms with Crippen molar-refractivity contribution in [2.75, 3.05) is 17.7 Å². The Morgan fingerprint density at radius 2 is 2.11 bits per heavy atom. The first-order chi connectivity index (χ1) is 8.29. The van der Waals surface area contributed by atoms with Crippen molar-refractivity contribution in [1.29, 1.82) is 0 Å². The van der Waals surface area contributed by atoms with Gasteiger partial charge in [-0.25, -0.2) is 13.4 Å². The number of anilines is 1. The highest BCUT2D eigenvalue weighted by Gasteiger charge is 2.13. The maximum Gasteiger partial charge on any atom is 0.201 e. The molecule has 7 heteroatoms. The molecule has 0 fully saturated rings. The van der Waals surface area contributed by atoms with Crippen molar-refractivity contribution < 1.29 is 8.42 Å². The van der Waals surface area contributed by atoms with Gasteiger partial charge in [0, 0.05) is 17.8 Å². The Balaban J connectivity index is 2.56. The van der Waals surface area contributed by atoms with Crippen LogP contribution in [0.1, 0.15) is 5.56 Å². The van der Waals surface area contributed by atoms with Crippen LogP contribution in [0.2, 0.25) is 5.02 Å². The minimum Gasteiger partial charge on any atom is -0.369 e. The Labute approximate surface area is 110 Å². The lowest BCUT2D eigenvalue weighted by atomic mass is 10.2. The van der Waals surface area contributed by atoms with Gasteiger partial charge in [0.15, 0.2) is 0 Å². The average Bonchev–Trinajstić information content (AvgIpc) is 2.57. The summed E-state index contributed by atoms with van der Waals surface area (Å²) in [6, 6.07) is 3.53. The van der Waals surface area contributed by atoms with Crippen LogP contribution in [-0.2, 0) is 16.4 Å². The quantitative estimate of drug-likeness (QED) is 0.930. The number of nitrogen functional groups attached to an aromatic ring is 1. The summed E-state index contributed by atoms with van der Waals surface area (Å²) in [5, 5.41) is 0.614.